The Morgan fingerprint density at radius 2 is 2.00 bits per heavy atom. The molecule has 0 bridgehead atoms. The quantitative estimate of drug-likeness (QED) is 0.791. The molecular formula is C18H21ClFNO4S. The number of carbonyl (C=O) groups is 1. The minimum absolute atomic E-state index is 0.0712. The van der Waals surface area contributed by atoms with E-state index in [1.807, 2.05) is 4.72 Å². The maximum atomic E-state index is 14.3. The van der Waals surface area contributed by atoms with Crippen LogP contribution in [0.3, 0.4) is 0 Å². The number of amides is 1. The van der Waals surface area contributed by atoms with Gasteiger partial charge in [0, 0.05) is 11.5 Å². The monoisotopic (exact) mass is 401 g/mol. The third kappa shape index (κ3) is 3.56. The Morgan fingerprint density at radius 1 is 1.35 bits per heavy atom. The average molecular weight is 402 g/mol. The summed E-state index contributed by atoms with van der Waals surface area (Å²) in [5.74, 6) is -0.0869. The number of benzene rings is 1. The molecule has 0 radical (unpaired) electrons. The molecule has 26 heavy (non-hydrogen) atoms. The lowest BCUT2D eigenvalue weighted by Crippen LogP contribution is -2.33. The molecule has 2 atom stereocenters. The van der Waals surface area contributed by atoms with Gasteiger partial charge in [-0.25, -0.2) is 17.5 Å². The van der Waals surface area contributed by atoms with Gasteiger partial charge in [-0.15, -0.1) is 0 Å². The summed E-state index contributed by atoms with van der Waals surface area (Å²) in [7, 11) is -3.75. The zero-order valence-electron chi connectivity index (χ0n) is 14.4. The van der Waals surface area contributed by atoms with Crippen LogP contribution in [0.15, 0.2) is 12.1 Å². The Morgan fingerprint density at radius 3 is 2.62 bits per heavy atom. The lowest BCUT2D eigenvalue weighted by atomic mass is 9.86. The fourth-order valence-corrected chi connectivity index (χ4v) is 5.50. The van der Waals surface area contributed by atoms with Gasteiger partial charge in [-0.3, -0.25) is 4.79 Å². The van der Waals surface area contributed by atoms with Crippen LogP contribution in [0.1, 0.15) is 49.4 Å². The van der Waals surface area contributed by atoms with Crippen molar-refractivity contribution < 1.29 is 22.3 Å². The molecule has 0 spiro atoms. The molecule has 2 unspecified atom stereocenters. The minimum Gasteiger partial charge on any atom is -0.491 e. The third-order valence-electron chi connectivity index (χ3n) is 5.62. The van der Waals surface area contributed by atoms with Crippen LogP contribution in [0, 0.1) is 23.1 Å². The third-order valence-corrected chi connectivity index (χ3v) is 7.73. The number of fused-ring (bicyclic) bond motifs is 1. The predicted molar refractivity (Wildman–Crippen MR) is 95.3 cm³/mol. The Hall–Kier alpha value is -1.34. The van der Waals surface area contributed by atoms with Crippen LogP contribution in [0.4, 0.5) is 4.39 Å². The van der Waals surface area contributed by atoms with E-state index >= 15 is 0 Å². The number of ether oxygens (including phenoxy) is 1. The normalized spacial score (nSPS) is 30.0. The van der Waals surface area contributed by atoms with Crippen LogP contribution in [-0.4, -0.2) is 26.2 Å². The molecule has 1 aromatic carbocycles. The fraction of sp³-hybridized carbons (Fsp3) is 0.611. The van der Waals surface area contributed by atoms with Crippen molar-refractivity contribution in [3.63, 3.8) is 0 Å². The van der Waals surface area contributed by atoms with E-state index in [4.69, 9.17) is 16.3 Å². The molecule has 3 aliphatic rings. The molecular weight excluding hydrogens is 381 g/mol. The van der Waals surface area contributed by atoms with Gasteiger partial charge < -0.3 is 4.74 Å². The summed E-state index contributed by atoms with van der Waals surface area (Å²) in [6.07, 6.45) is 4.55. The zero-order chi connectivity index (χ0) is 18.7. The van der Waals surface area contributed by atoms with Crippen molar-refractivity contribution in [3.05, 3.63) is 28.5 Å². The molecule has 1 aromatic rings. The number of rotatable bonds is 6. The maximum absolute atomic E-state index is 14.3. The SMILES string of the molecule is CC1(COc2cc(F)c(C(=O)NS(=O)(=O)C3CC3)cc2Cl)CC2CC2C1. The van der Waals surface area contributed by atoms with E-state index in [-0.39, 0.29) is 16.2 Å². The first kappa shape index (κ1) is 18.0. The Kier molecular flexibility index (Phi) is 4.23. The highest BCUT2D eigenvalue weighted by Crippen LogP contribution is 2.59. The van der Waals surface area contributed by atoms with E-state index < -0.39 is 32.6 Å². The van der Waals surface area contributed by atoms with Gasteiger partial charge in [-0.2, -0.15) is 0 Å². The summed E-state index contributed by atoms with van der Waals surface area (Å²) >= 11 is 6.14. The van der Waals surface area contributed by atoms with E-state index in [1.165, 1.54) is 6.42 Å². The molecule has 5 nitrogen and oxygen atoms in total. The second kappa shape index (κ2) is 6.09. The Labute approximate surface area is 157 Å². The van der Waals surface area contributed by atoms with Gasteiger partial charge in [0.1, 0.15) is 11.6 Å². The van der Waals surface area contributed by atoms with Gasteiger partial charge >= 0.3 is 0 Å². The first-order valence-electron chi connectivity index (χ1n) is 8.85. The molecule has 0 aliphatic heterocycles. The highest BCUT2D eigenvalue weighted by Gasteiger charge is 2.51. The summed E-state index contributed by atoms with van der Waals surface area (Å²) in [4.78, 5) is 12.1. The van der Waals surface area contributed by atoms with Crippen molar-refractivity contribution in [3.8, 4) is 5.75 Å². The van der Waals surface area contributed by atoms with E-state index in [1.54, 1.807) is 0 Å². The highest BCUT2D eigenvalue weighted by molar-refractivity contribution is 7.91. The Balaban J connectivity index is 1.45. The summed E-state index contributed by atoms with van der Waals surface area (Å²) < 4.78 is 45.7. The number of hydrogen-bond donors (Lipinski definition) is 1. The van der Waals surface area contributed by atoms with Crippen LogP contribution in [0.2, 0.25) is 5.02 Å². The maximum Gasteiger partial charge on any atom is 0.267 e. The van der Waals surface area contributed by atoms with Gasteiger partial charge in [-0.05, 0) is 50.0 Å². The molecule has 3 saturated carbocycles. The average Bonchev–Trinajstić information content (AvgIpc) is 3.46. The molecule has 0 heterocycles. The standard InChI is InChI=1S/C18H21ClFNO4S/c1-18(7-10-4-11(10)8-18)9-25-16-6-15(20)13(5-14(16)19)17(22)21-26(23,24)12-2-3-12/h5-6,10-12H,2-4,7-9H2,1H3,(H,21,22). The van der Waals surface area contributed by atoms with Crippen molar-refractivity contribution in [2.24, 2.45) is 17.3 Å². The second-order valence-corrected chi connectivity index (χ2v) is 10.6. The van der Waals surface area contributed by atoms with Gasteiger partial charge in [0.15, 0.2) is 0 Å². The van der Waals surface area contributed by atoms with Crippen LogP contribution in [-0.2, 0) is 10.0 Å². The predicted octanol–water partition coefficient (Wildman–Crippen LogP) is 3.52. The van der Waals surface area contributed by atoms with Crippen molar-refractivity contribution in [1.29, 1.82) is 0 Å². The lowest BCUT2D eigenvalue weighted by Gasteiger charge is -2.26. The van der Waals surface area contributed by atoms with Crippen LogP contribution >= 0.6 is 11.6 Å². The molecule has 142 valence electrons. The van der Waals surface area contributed by atoms with Crippen LogP contribution in [0.5, 0.6) is 5.75 Å². The van der Waals surface area contributed by atoms with Gasteiger partial charge in [0.25, 0.3) is 5.91 Å². The second-order valence-electron chi connectivity index (χ2n) is 8.20. The summed E-state index contributed by atoms with van der Waals surface area (Å²) in [6, 6.07) is 2.18. The number of nitrogens with one attached hydrogen (secondary N) is 1. The van der Waals surface area contributed by atoms with E-state index in [0.717, 1.165) is 36.8 Å². The molecule has 0 aromatic heterocycles. The summed E-state index contributed by atoms with van der Waals surface area (Å²) in [5.41, 5.74) is -0.332. The molecule has 0 saturated heterocycles. The number of hydrogen-bond acceptors (Lipinski definition) is 4. The highest BCUT2D eigenvalue weighted by atomic mass is 35.5. The van der Waals surface area contributed by atoms with Gasteiger partial charge in [0.05, 0.1) is 22.4 Å². The van der Waals surface area contributed by atoms with Crippen molar-refractivity contribution >= 4 is 27.5 Å². The largest absolute Gasteiger partial charge is 0.491 e. The summed E-state index contributed by atoms with van der Waals surface area (Å²) in [5, 5.41) is -0.474. The fourth-order valence-electron chi connectivity index (χ4n) is 3.99. The number of carbonyl (C=O) groups excluding carboxylic acids is 1. The van der Waals surface area contributed by atoms with Gasteiger partial charge in [-0.1, -0.05) is 18.5 Å². The number of halogens is 2. The van der Waals surface area contributed by atoms with Crippen molar-refractivity contribution in [1.82, 2.24) is 4.72 Å². The first-order valence-corrected chi connectivity index (χ1v) is 10.8. The number of sulfonamides is 1. The summed E-state index contributed by atoms with van der Waals surface area (Å²) in [6.45, 7) is 2.61. The molecule has 1 amide bonds. The lowest BCUT2D eigenvalue weighted by molar-refractivity contribution is 0.0977. The first-order chi connectivity index (χ1) is 12.2. The van der Waals surface area contributed by atoms with Crippen molar-refractivity contribution in [2.45, 2.75) is 44.3 Å². The molecule has 3 fully saturated rings. The molecule has 3 aliphatic carbocycles. The molecule has 4 rings (SSSR count). The van der Waals surface area contributed by atoms with Crippen molar-refractivity contribution in [2.75, 3.05) is 6.61 Å². The molecule has 1 N–H and O–H groups in total. The topological polar surface area (TPSA) is 72.5 Å². The zero-order valence-corrected chi connectivity index (χ0v) is 16.0. The van der Waals surface area contributed by atoms with E-state index in [0.29, 0.717) is 19.4 Å². The van der Waals surface area contributed by atoms with E-state index in [2.05, 4.69) is 6.92 Å². The smallest absolute Gasteiger partial charge is 0.267 e. The van der Waals surface area contributed by atoms with Gasteiger partial charge in [0.2, 0.25) is 10.0 Å². The minimum atomic E-state index is -3.75. The Bertz CT molecular complexity index is 858. The van der Waals surface area contributed by atoms with E-state index in [9.17, 15) is 17.6 Å². The van der Waals surface area contributed by atoms with Crippen LogP contribution < -0.4 is 9.46 Å². The van der Waals surface area contributed by atoms with Crippen LogP contribution in [0.25, 0.3) is 0 Å². The molecule has 8 heteroatoms.